The predicted molar refractivity (Wildman–Crippen MR) is 92.0 cm³/mol. The molecule has 0 amide bonds. The first-order chi connectivity index (χ1) is 11.5. The number of aryl methyl sites for hydroxylation is 2. The second-order valence-corrected chi connectivity index (χ2v) is 5.73. The van der Waals surface area contributed by atoms with Crippen LogP contribution in [0.15, 0.2) is 45.6 Å². The van der Waals surface area contributed by atoms with Gasteiger partial charge in [-0.2, -0.15) is 0 Å². The Morgan fingerprint density at radius 1 is 1.17 bits per heavy atom. The third-order valence-corrected chi connectivity index (χ3v) is 4.08. The Morgan fingerprint density at radius 3 is 2.71 bits per heavy atom. The van der Waals surface area contributed by atoms with Crippen LogP contribution in [-0.4, -0.2) is 5.11 Å². The molecule has 0 unspecified atom stereocenters. The third-order valence-electron chi connectivity index (χ3n) is 4.08. The highest BCUT2D eigenvalue weighted by Gasteiger charge is 2.10. The molecule has 0 fully saturated rings. The molecule has 124 valence electrons. The Balaban J connectivity index is 2.02. The van der Waals surface area contributed by atoms with Crippen LogP contribution in [0.25, 0.3) is 11.0 Å². The van der Waals surface area contributed by atoms with Gasteiger partial charge in [0, 0.05) is 29.8 Å². The Morgan fingerprint density at radius 2 is 1.96 bits per heavy atom. The van der Waals surface area contributed by atoms with Crippen LogP contribution in [-0.2, 0) is 13.0 Å². The van der Waals surface area contributed by atoms with E-state index < -0.39 is 5.63 Å². The fraction of sp³-hybridized carbons (Fsp3) is 0.211. The van der Waals surface area contributed by atoms with Crippen LogP contribution < -0.4 is 10.9 Å². The van der Waals surface area contributed by atoms with Gasteiger partial charge in [-0.05, 0) is 48.2 Å². The van der Waals surface area contributed by atoms with Gasteiger partial charge < -0.3 is 14.8 Å². The van der Waals surface area contributed by atoms with E-state index in [1.165, 1.54) is 24.3 Å². The molecule has 0 radical (unpaired) electrons. The molecule has 2 aromatic carbocycles. The molecular weight excluding hydrogens is 309 g/mol. The maximum Gasteiger partial charge on any atom is 0.336 e. The number of hydrogen-bond donors (Lipinski definition) is 2. The van der Waals surface area contributed by atoms with Gasteiger partial charge in [0.1, 0.15) is 17.1 Å². The predicted octanol–water partition coefficient (Wildman–Crippen LogP) is 4.12. The van der Waals surface area contributed by atoms with Crippen LogP contribution >= 0.6 is 0 Å². The van der Waals surface area contributed by atoms with E-state index in [0.717, 1.165) is 22.1 Å². The summed E-state index contributed by atoms with van der Waals surface area (Å²) in [4.78, 5) is 11.8. The fourth-order valence-corrected chi connectivity index (χ4v) is 2.71. The summed E-state index contributed by atoms with van der Waals surface area (Å²) in [5.41, 5.74) is 2.95. The van der Waals surface area contributed by atoms with Crippen molar-refractivity contribution in [3.05, 3.63) is 69.3 Å². The summed E-state index contributed by atoms with van der Waals surface area (Å²) in [6.45, 7) is 4.17. The summed E-state index contributed by atoms with van der Waals surface area (Å²) >= 11 is 0. The molecule has 0 aliphatic carbocycles. The number of halogens is 1. The molecule has 0 spiro atoms. The van der Waals surface area contributed by atoms with Crippen LogP contribution in [0.4, 0.5) is 10.1 Å². The van der Waals surface area contributed by atoms with Crippen LogP contribution in [0.1, 0.15) is 23.6 Å². The highest BCUT2D eigenvalue weighted by atomic mass is 19.1. The highest BCUT2D eigenvalue weighted by molar-refractivity contribution is 5.83. The number of fused-ring (bicyclic) bond motifs is 1. The maximum atomic E-state index is 13.4. The number of phenols is 1. The quantitative estimate of drug-likeness (QED) is 0.708. The molecular formula is C19H18FNO3. The van der Waals surface area contributed by atoms with Crippen molar-refractivity contribution in [3.63, 3.8) is 0 Å². The largest absolute Gasteiger partial charge is 0.508 e. The van der Waals surface area contributed by atoms with Gasteiger partial charge in [-0.1, -0.05) is 13.0 Å². The van der Waals surface area contributed by atoms with Gasteiger partial charge in [0.2, 0.25) is 0 Å². The second kappa shape index (κ2) is 6.35. The summed E-state index contributed by atoms with van der Waals surface area (Å²) < 4.78 is 18.6. The zero-order valence-corrected chi connectivity index (χ0v) is 13.5. The van der Waals surface area contributed by atoms with Crippen molar-refractivity contribution in [2.24, 2.45) is 0 Å². The first-order valence-electron chi connectivity index (χ1n) is 7.76. The van der Waals surface area contributed by atoms with E-state index in [9.17, 15) is 14.3 Å². The van der Waals surface area contributed by atoms with Crippen LogP contribution in [0.2, 0.25) is 0 Å². The van der Waals surface area contributed by atoms with Crippen molar-refractivity contribution >= 4 is 16.7 Å². The Bertz CT molecular complexity index is 963. The standard InChI is InChI=1S/C19H18FNO3/c1-3-12-6-15-13(7-19(23)24-18(15)9-17(12)22)10-21-16-8-14(20)5-4-11(16)2/h4-9,21-22H,3,10H2,1-2H3. The van der Waals surface area contributed by atoms with E-state index in [1.54, 1.807) is 6.07 Å². The van der Waals surface area contributed by atoms with Crippen molar-refractivity contribution in [2.75, 3.05) is 5.32 Å². The van der Waals surface area contributed by atoms with Crippen LogP contribution in [0, 0.1) is 12.7 Å². The molecule has 0 saturated heterocycles. The summed E-state index contributed by atoms with van der Waals surface area (Å²) in [5.74, 6) is -0.210. The molecule has 0 saturated carbocycles. The zero-order chi connectivity index (χ0) is 17.3. The molecule has 0 aliphatic rings. The van der Waals surface area contributed by atoms with Gasteiger partial charge in [-0.3, -0.25) is 0 Å². The number of nitrogens with one attached hydrogen (secondary N) is 1. The van der Waals surface area contributed by atoms with Crippen LogP contribution in [0.3, 0.4) is 0 Å². The van der Waals surface area contributed by atoms with E-state index >= 15 is 0 Å². The molecule has 0 aliphatic heterocycles. The lowest BCUT2D eigenvalue weighted by atomic mass is 10.0. The van der Waals surface area contributed by atoms with E-state index in [2.05, 4.69) is 5.32 Å². The molecule has 0 bridgehead atoms. The SMILES string of the molecule is CCc1cc2c(CNc3cc(F)ccc3C)cc(=O)oc2cc1O. The normalized spacial score (nSPS) is 11.0. The molecule has 2 N–H and O–H groups in total. The van der Waals surface area contributed by atoms with E-state index in [4.69, 9.17) is 4.42 Å². The lowest BCUT2D eigenvalue weighted by Crippen LogP contribution is -2.07. The summed E-state index contributed by atoms with van der Waals surface area (Å²) in [6, 6.07) is 9.23. The summed E-state index contributed by atoms with van der Waals surface area (Å²) in [6.07, 6.45) is 0.663. The minimum atomic E-state index is -0.487. The molecule has 1 heterocycles. The molecule has 4 nitrogen and oxygen atoms in total. The van der Waals surface area contributed by atoms with Gasteiger partial charge in [0.25, 0.3) is 0 Å². The van der Waals surface area contributed by atoms with Gasteiger partial charge in [0.05, 0.1) is 0 Å². The lowest BCUT2D eigenvalue weighted by Gasteiger charge is -2.12. The number of benzene rings is 2. The third kappa shape index (κ3) is 3.11. The zero-order valence-electron chi connectivity index (χ0n) is 13.5. The minimum absolute atomic E-state index is 0.110. The molecule has 5 heteroatoms. The first-order valence-corrected chi connectivity index (χ1v) is 7.76. The molecule has 1 aromatic heterocycles. The summed E-state index contributed by atoms with van der Waals surface area (Å²) in [7, 11) is 0. The number of rotatable bonds is 4. The van der Waals surface area contributed by atoms with Gasteiger partial charge in [-0.25, -0.2) is 9.18 Å². The number of anilines is 1. The number of hydrogen-bond acceptors (Lipinski definition) is 4. The van der Waals surface area contributed by atoms with Crippen molar-refractivity contribution in [2.45, 2.75) is 26.8 Å². The minimum Gasteiger partial charge on any atom is -0.508 e. The monoisotopic (exact) mass is 327 g/mol. The van der Waals surface area contributed by atoms with E-state index in [1.807, 2.05) is 19.9 Å². The maximum absolute atomic E-state index is 13.4. The summed E-state index contributed by atoms with van der Waals surface area (Å²) in [5, 5.41) is 13.9. The number of phenolic OH excluding ortho intramolecular Hbond substituents is 1. The van der Waals surface area contributed by atoms with Crippen molar-refractivity contribution in [1.29, 1.82) is 0 Å². The number of aromatic hydroxyl groups is 1. The van der Waals surface area contributed by atoms with E-state index in [0.29, 0.717) is 24.2 Å². The van der Waals surface area contributed by atoms with Gasteiger partial charge in [0.15, 0.2) is 0 Å². The smallest absolute Gasteiger partial charge is 0.336 e. The van der Waals surface area contributed by atoms with Gasteiger partial charge in [-0.15, -0.1) is 0 Å². The van der Waals surface area contributed by atoms with Crippen molar-refractivity contribution in [3.8, 4) is 5.75 Å². The molecule has 3 rings (SSSR count). The second-order valence-electron chi connectivity index (χ2n) is 5.73. The highest BCUT2D eigenvalue weighted by Crippen LogP contribution is 2.27. The molecule has 0 atom stereocenters. The average molecular weight is 327 g/mol. The topological polar surface area (TPSA) is 62.5 Å². The van der Waals surface area contributed by atoms with Crippen LogP contribution in [0.5, 0.6) is 5.75 Å². The Hall–Kier alpha value is -2.82. The molecule has 24 heavy (non-hydrogen) atoms. The van der Waals surface area contributed by atoms with Crippen molar-refractivity contribution < 1.29 is 13.9 Å². The molecule has 3 aromatic rings. The van der Waals surface area contributed by atoms with Crippen molar-refractivity contribution in [1.82, 2.24) is 0 Å². The first kappa shape index (κ1) is 16.1. The fourth-order valence-electron chi connectivity index (χ4n) is 2.71. The Labute approximate surface area is 138 Å². The van der Waals surface area contributed by atoms with Gasteiger partial charge >= 0.3 is 5.63 Å². The Kier molecular flexibility index (Phi) is 4.25. The average Bonchev–Trinajstić information content (AvgIpc) is 2.54. The van der Waals surface area contributed by atoms with E-state index in [-0.39, 0.29) is 11.6 Å². The lowest BCUT2D eigenvalue weighted by molar-refractivity contribution is 0.466.